The summed E-state index contributed by atoms with van der Waals surface area (Å²) in [6, 6.07) is 10.9. The van der Waals surface area contributed by atoms with Gasteiger partial charge >= 0.3 is 5.97 Å². The van der Waals surface area contributed by atoms with Crippen LogP contribution >= 0.6 is 11.8 Å². The molecule has 96 valence electrons. The van der Waals surface area contributed by atoms with Gasteiger partial charge in [-0.15, -0.1) is 0 Å². The van der Waals surface area contributed by atoms with Crippen molar-refractivity contribution in [3.05, 3.63) is 48.0 Å². The Kier molecular flexibility index (Phi) is 2.65. The zero-order valence-electron chi connectivity index (χ0n) is 9.53. The van der Waals surface area contributed by atoms with Gasteiger partial charge in [-0.25, -0.2) is 13.2 Å². The highest BCUT2D eigenvalue weighted by molar-refractivity contribution is 8.02. The monoisotopic (exact) mass is 292 g/mol. The standard InChI is InChI=1S/C13H8O4S2/c14-13(15)8-5-6-10-12(7-8)19(16,17)11-4-2-1-3-9(11)18-10/h1-7H,(H,14,15). The molecule has 0 saturated carbocycles. The van der Waals surface area contributed by atoms with E-state index in [4.69, 9.17) is 5.11 Å². The van der Waals surface area contributed by atoms with E-state index >= 15 is 0 Å². The van der Waals surface area contributed by atoms with Gasteiger partial charge in [-0.3, -0.25) is 0 Å². The van der Waals surface area contributed by atoms with Crippen LogP contribution in [-0.2, 0) is 9.84 Å². The van der Waals surface area contributed by atoms with E-state index in [9.17, 15) is 13.2 Å². The van der Waals surface area contributed by atoms with Crippen molar-refractivity contribution in [2.75, 3.05) is 0 Å². The molecule has 0 bridgehead atoms. The third-order valence-electron chi connectivity index (χ3n) is 2.84. The van der Waals surface area contributed by atoms with Crippen LogP contribution in [0.1, 0.15) is 10.4 Å². The summed E-state index contributed by atoms with van der Waals surface area (Å²) in [6.07, 6.45) is 0. The second-order valence-electron chi connectivity index (χ2n) is 4.02. The van der Waals surface area contributed by atoms with Crippen molar-refractivity contribution in [1.82, 2.24) is 0 Å². The van der Waals surface area contributed by atoms with Crippen LogP contribution in [-0.4, -0.2) is 19.5 Å². The SMILES string of the molecule is O=C(O)c1ccc2c(c1)S(=O)(=O)c1ccccc1S2. The maximum atomic E-state index is 12.5. The summed E-state index contributed by atoms with van der Waals surface area (Å²) in [4.78, 5) is 12.5. The summed E-state index contributed by atoms with van der Waals surface area (Å²) < 4.78 is 24.9. The number of fused-ring (bicyclic) bond motifs is 2. The average molecular weight is 292 g/mol. The van der Waals surface area contributed by atoms with Gasteiger partial charge < -0.3 is 5.11 Å². The van der Waals surface area contributed by atoms with Crippen molar-refractivity contribution in [3.8, 4) is 0 Å². The summed E-state index contributed by atoms with van der Waals surface area (Å²) in [7, 11) is -3.64. The fourth-order valence-electron chi connectivity index (χ4n) is 1.93. The van der Waals surface area contributed by atoms with Crippen molar-refractivity contribution in [3.63, 3.8) is 0 Å². The van der Waals surface area contributed by atoms with Crippen molar-refractivity contribution < 1.29 is 18.3 Å². The Morgan fingerprint density at radius 2 is 1.68 bits per heavy atom. The van der Waals surface area contributed by atoms with Gasteiger partial charge in [-0.2, -0.15) is 0 Å². The molecule has 1 heterocycles. The number of hydrogen-bond acceptors (Lipinski definition) is 4. The van der Waals surface area contributed by atoms with Crippen molar-refractivity contribution in [2.24, 2.45) is 0 Å². The molecule has 0 aromatic heterocycles. The fraction of sp³-hybridized carbons (Fsp3) is 0. The van der Waals surface area contributed by atoms with E-state index in [1.54, 1.807) is 18.2 Å². The largest absolute Gasteiger partial charge is 0.478 e. The summed E-state index contributed by atoms with van der Waals surface area (Å²) in [5, 5.41) is 8.95. The molecular formula is C13H8O4S2. The van der Waals surface area contributed by atoms with E-state index in [0.717, 1.165) is 0 Å². The Hall–Kier alpha value is -1.79. The van der Waals surface area contributed by atoms with Gasteiger partial charge in [0.05, 0.1) is 15.4 Å². The van der Waals surface area contributed by atoms with Gasteiger partial charge in [-0.1, -0.05) is 23.9 Å². The number of carboxylic acid groups (broad SMARTS) is 1. The predicted molar refractivity (Wildman–Crippen MR) is 69.4 cm³/mol. The molecule has 6 heteroatoms. The lowest BCUT2D eigenvalue weighted by molar-refractivity contribution is 0.0696. The Bertz CT molecular complexity index is 794. The van der Waals surface area contributed by atoms with Crippen molar-refractivity contribution in [1.29, 1.82) is 0 Å². The predicted octanol–water partition coefficient (Wildman–Crippen LogP) is 2.68. The summed E-state index contributed by atoms with van der Waals surface area (Å²) >= 11 is 1.33. The number of aromatic carboxylic acids is 1. The van der Waals surface area contributed by atoms with Gasteiger partial charge in [-0.05, 0) is 30.3 Å². The second-order valence-corrected chi connectivity index (χ2v) is 6.99. The molecule has 0 unspecified atom stereocenters. The molecule has 0 fully saturated rings. The zero-order valence-corrected chi connectivity index (χ0v) is 11.2. The maximum absolute atomic E-state index is 12.5. The lowest BCUT2D eigenvalue weighted by Gasteiger charge is -2.19. The highest BCUT2D eigenvalue weighted by Crippen LogP contribution is 2.44. The summed E-state index contributed by atoms with van der Waals surface area (Å²) in [6.45, 7) is 0. The highest BCUT2D eigenvalue weighted by Gasteiger charge is 2.30. The molecular weight excluding hydrogens is 284 g/mol. The second kappa shape index (κ2) is 4.11. The van der Waals surface area contributed by atoms with Gasteiger partial charge in [0.1, 0.15) is 0 Å². The molecule has 0 saturated heterocycles. The first-order chi connectivity index (χ1) is 9.00. The molecule has 0 spiro atoms. The first kappa shape index (κ1) is 12.3. The van der Waals surface area contributed by atoms with E-state index in [1.165, 1.54) is 36.0 Å². The molecule has 2 aromatic carbocycles. The van der Waals surface area contributed by atoms with Crippen LogP contribution in [0, 0.1) is 0 Å². The van der Waals surface area contributed by atoms with Crippen LogP contribution in [0.2, 0.25) is 0 Å². The molecule has 1 N–H and O–H groups in total. The van der Waals surface area contributed by atoms with Crippen LogP contribution in [0.15, 0.2) is 62.0 Å². The van der Waals surface area contributed by atoms with Crippen LogP contribution in [0.3, 0.4) is 0 Å². The average Bonchev–Trinajstić information content (AvgIpc) is 2.38. The number of benzene rings is 2. The van der Waals surface area contributed by atoms with Crippen molar-refractivity contribution >= 4 is 27.6 Å². The molecule has 0 radical (unpaired) electrons. The molecule has 4 nitrogen and oxygen atoms in total. The Morgan fingerprint density at radius 3 is 2.42 bits per heavy atom. The topological polar surface area (TPSA) is 71.4 Å². The minimum Gasteiger partial charge on any atom is -0.478 e. The Morgan fingerprint density at radius 1 is 1.00 bits per heavy atom. The molecule has 3 rings (SSSR count). The quantitative estimate of drug-likeness (QED) is 0.746. The van der Waals surface area contributed by atoms with E-state index in [0.29, 0.717) is 9.79 Å². The number of sulfone groups is 1. The smallest absolute Gasteiger partial charge is 0.335 e. The van der Waals surface area contributed by atoms with Gasteiger partial charge in [0, 0.05) is 9.79 Å². The Balaban J connectivity index is 2.29. The number of hydrogen-bond donors (Lipinski definition) is 1. The summed E-state index contributed by atoms with van der Waals surface area (Å²) in [5.74, 6) is -1.14. The van der Waals surface area contributed by atoms with Gasteiger partial charge in [0.25, 0.3) is 0 Å². The lowest BCUT2D eigenvalue weighted by atomic mass is 10.2. The van der Waals surface area contributed by atoms with Gasteiger partial charge in [0.15, 0.2) is 0 Å². The first-order valence-electron chi connectivity index (χ1n) is 5.39. The van der Waals surface area contributed by atoms with Crippen molar-refractivity contribution in [2.45, 2.75) is 19.6 Å². The molecule has 0 amide bonds. The lowest BCUT2D eigenvalue weighted by Crippen LogP contribution is -2.10. The minimum absolute atomic E-state index is 0.0256. The number of carbonyl (C=O) groups is 1. The zero-order chi connectivity index (χ0) is 13.6. The summed E-state index contributed by atoms with van der Waals surface area (Å²) in [5.41, 5.74) is -0.0256. The van der Waals surface area contributed by atoms with Crippen LogP contribution in [0.4, 0.5) is 0 Å². The first-order valence-corrected chi connectivity index (χ1v) is 7.69. The Labute approximate surface area is 114 Å². The minimum atomic E-state index is -3.64. The van der Waals surface area contributed by atoms with E-state index < -0.39 is 15.8 Å². The number of rotatable bonds is 1. The van der Waals surface area contributed by atoms with Crippen LogP contribution in [0.5, 0.6) is 0 Å². The molecule has 0 atom stereocenters. The highest BCUT2D eigenvalue weighted by atomic mass is 32.2. The number of carboxylic acids is 1. The fourth-order valence-corrected chi connectivity index (χ4v) is 5.13. The molecule has 1 aliphatic rings. The maximum Gasteiger partial charge on any atom is 0.335 e. The van der Waals surface area contributed by atoms with E-state index in [2.05, 4.69) is 0 Å². The molecule has 1 aliphatic heterocycles. The van der Waals surface area contributed by atoms with Crippen LogP contribution in [0.25, 0.3) is 0 Å². The van der Waals surface area contributed by atoms with Gasteiger partial charge in [0.2, 0.25) is 9.84 Å². The third-order valence-corrected chi connectivity index (χ3v) is 6.10. The molecule has 2 aromatic rings. The molecule has 0 aliphatic carbocycles. The third kappa shape index (κ3) is 1.84. The van der Waals surface area contributed by atoms with E-state index in [-0.39, 0.29) is 15.4 Å². The van der Waals surface area contributed by atoms with Crippen LogP contribution < -0.4 is 0 Å². The molecule has 19 heavy (non-hydrogen) atoms. The normalized spacial score (nSPS) is 15.4. The van der Waals surface area contributed by atoms with E-state index in [1.807, 2.05) is 0 Å².